The Labute approximate surface area is 167 Å². The maximum Gasteiger partial charge on any atom is 0.486 e. The Hall–Kier alpha value is -0.300. The fraction of sp³-hybridized carbons (Fsp3) is 0.286. The van der Waals surface area contributed by atoms with Crippen LogP contribution in [0.5, 0.6) is 0 Å². The summed E-state index contributed by atoms with van der Waals surface area (Å²) in [4.78, 5) is -0.845. The monoisotopic (exact) mass is 545 g/mol. The fourth-order valence-electron chi connectivity index (χ4n) is 1.87. The van der Waals surface area contributed by atoms with Gasteiger partial charge in [0, 0.05) is 33.1 Å². The molecule has 1 nitrogen and oxygen atoms in total. The predicted molar refractivity (Wildman–Crippen MR) is 90.2 cm³/mol. The van der Waals surface area contributed by atoms with Gasteiger partial charge in [0.1, 0.15) is 0 Å². The van der Waals surface area contributed by atoms with Crippen LogP contribution in [0.1, 0.15) is 11.1 Å². The van der Waals surface area contributed by atoms with Crippen LogP contribution in [0, 0.1) is 6.07 Å². The highest BCUT2D eigenvalue weighted by molar-refractivity contribution is 9.11. The van der Waals surface area contributed by atoms with Crippen LogP contribution in [-0.2, 0) is 17.6 Å². The van der Waals surface area contributed by atoms with Gasteiger partial charge >= 0.3 is 17.4 Å². The highest BCUT2D eigenvalue weighted by atomic mass is 79.9. The van der Waals surface area contributed by atoms with E-state index in [1.807, 2.05) is 0 Å². The zero-order valence-corrected chi connectivity index (χ0v) is 16.9. The first kappa shape index (κ1) is 22.0. The Morgan fingerprint density at radius 3 is 2.23 bits per heavy atom. The second-order valence-electron chi connectivity index (χ2n) is 4.94. The van der Waals surface area contributed by atoms with Crippen molar-refractivity contribution in [2.45, 2.75) is 28.7 Å². The third-order valence-electron chi connectivity index (χ3n) is 3.16. The second-order valence-corrected chi connectivity index (χ2v) is 8.86. The molecule has 1 aromatic heterocycles. The lowest BCUT2D eigenvalue weighted by atomic mass is 10.1. The summed E-state index contributed by atoms with van der Waals surface area (Å²) in [6.07, 6.45) is -6.67. The standard InChI is InChI=1S/C14H6Br2F7OS2/c15-8-4-10(16)9(3-7-1-2-25-6-7)11(5-8)26(24)14(22,23)12(17,18)13(19,20)21/h1-2,5-6H,3H2. The maximum atomic E-state index is 13.9. The van der Waals surface area contributed by atoms with E-state index in [9.17, 15) is 35.3 Å². The van der Waals surface area contributed by atoms with Gasteiger partial charge in [0.2, 0.25) is 0 Å². The largest absolute Gasteiger partial charge is 0.607 e. The van der Waals surface area contributed by atoms with E-state index in [4.69, 9.17) is 0 Å². The van der Waals surface area contributed by atoms with Crippen LogP contribution in [-0.4, -0.2) is 21.9 Å². The molecule has 0 bridgehead atoms. The second kappa shape index (κ2) is 7.61. The van der Waals surface area contributed by atoms with Crippen LogP contribution < -0.4 is 0 Å². The van der Waals surface area contributed by atoms with Crippen molar-refractivity contribution < 1.29 is 35.3 Å². The van der Waals surface area contributed by atoms with Gasteiger partial charge in [-0.2, -0.15) is 33.3 Å². The van der Waals surface area contributed by atoms with Crippen molar-refractivity contribution in [3.05, 3.63) is 49.0 Å². The van der Waals surface area contributed by atoms with Crippen molar-refractivity contribution in [2.24, 2.45) is 0 Å². The van der Waals surface area contributed by atoms with Crippen molar-refractivity contribution in [2.75, 3.05) is 0 Å². The van der Waals surface area contributed by atoms with Gasteiger partial charge in [0.25, 0.3) is 0 Å². The van der Waals surface area contributed by atoms with Gasteiger partial charge in [-0.05, 0) is 54.2 Å². The molecule has 0 saturated heterocycles. The minimum absolute atomic E-state index is 0.0209. The molecule has 143 valence electrons. The molecule has 1 aromatic carbocycles. The SMILES string of the molecule is [O-][S+](c1cc(Br)[c]c(Br)c1Cc1ccsc1)C(F)(F)C(F)(F)C(F)(F)F. The number of benzene rings is 1. The van der Waals surface area contributed by atoms with E-state index >= 15 is 0 Å². The number of alkyl halides is 7. The van der Waals surface area contributed by atoms with Crippen LogP contribution >= 0.6 is 43.2 Å². The Kier molecular flexibility index (Phi) is 6.44. The molecule has 1 heterocycles. The molecular weight excluding hydrogens is 541 g/mol. The molecule has 0 aliphatic rings. The number of hydrogen-bond acceptors (Lipinski definition) is 2. The van der Waals surface area contributed by atoms with Gasteiger partial charge in [-0.1, -0.05) is 0 Å². The number of rotatable bonds is 5. The summed E-state index contributed by atoms with van der Waals surface area (Å²) < 4.78 is 104. The van der Waals surface area contributed by atoms with Gasteiger partial charge < -0.3 is 4.55 Å². The molecule has 2 rings (SSSR count). The summed E-state index contributed by atoms with van der Waals surface area (Å²) in [6, 6.07) is 5.01. The maximum absolute atomic E-state index is 13.9. The molecule has 1 unspecified atom stereocenters. The lowest BCUT2D eigenvalue weighted by Crippen LogP contribution is -2.56. The van der Waals surface area contributed by atoms with Crippen LogP contribution in [0.3, 0.4) is 0 Å². The van der Waals surface area contributed by atoms with Crippen LogP contribution in [0.2, 0.25) is 0 Å². The summed E-state index contributed by atoms with van der Waals surface area (Å²) >= 11 is 3.16. The third-order valence-corrected chi connectivity index (χ3v) is 6.49. The first-order chi connectivity index (χ1) is 11.8. The van der Waals surface area contributed by atoms with Crippen molar-refractivity contribution in [3.63, 3.8) is 0 Å². The average Bonchev–Trinajstić information content (AvgIpc) is 3.00. The van der Waals surface area contributed by atoms with Crippen LogP contribution in [0.25, 0.3) is 0 Å². The molecule has 0 spiro atoms. The van der Waals surface area contributed by atoms with Crippen LogP contribution in [0.15, 0.2) is 36.7 Å². The molecule has 1 atom stereocenters. The van der Waals surface area contributed by atoms with E-state index in [0.29, 0.717) is 5.56 Å². The molecule has 2 aromatic rings. The van der Waals surface area contributed by atoms with E-state index in [0.717, 1.165) is 6.07 Å². The molecule has 0 N–H and O–H groups in total. The molecule has 0 aliphatic heterocycles. The van der Waals surface area contributed by atoms with E-state index in [2.05, 4.69) is 37.9 Å². The predicted octanol–water partition coefficient (Wildman–Crippen LogP) is 6.56. The van der Waals surface area contributed by atoms with Gasteiger partial charge in [-0.25, -0.2) is 0 Å². The Morgan fingerprint density at radius 2 is 1.73 bits per heavy atom. The molecular formula is C14H6Br2F7OS2. The van der Waals surface area contributed by atoms with E-state index in [1.54, 1.807) is 16.8 Å². The normalized spacial score (nSPS) is 14.5. The smallest absolute Gasteiger partial charge is 0.486 e. The van der Waals surface area contributed by atoms with Gasteiger partial charge in [-0.15, -0.1) is 8.78 Å². The molecule has 0 saturated carbocycles. The highest BCUT2D eigenvalue weighted by Gasteiger charge is 2.80. The number of thiophene rings is 1. The molecule has 0 amide bonds. The topological polar surface area (TPSA) is 23.1 Å². The summed E-state index contributed by atoms with van der Waals surface area (Å²) in [7, 11) is 0. The van der Waals surface area contributed by atoms with Gasteiger partial charge in [0.05, 0.1) is 11.2 Å². The molecule has 0 aliphatic carbocycles. The summed E-state index contributed by atoms with van der Waals surface area (Å²) in [5, 5.41) is -2.58. The lowest BCUT2D eigenvalue weighted by molar-refractivity contribution is -0.332. The minimum atomic E-state index is -6.56. The summed E-state index contributed by atoms with van der Waals surface area (Å²) in [5.74, 6) is -6.47. The zero-order chi connectivity index (χ0) is 19.9. The van der Waals surface area contributed by atoms with Gasteiger partial charge in [-0.3, -0.25) is 0 Å². The number of hydrogen-bond donors (Lipinski definition) is 0. The quantitative estimate of drug-likeness (QED) is 0.307. The zero-order valence-electron chi connectivity index (χ0n) is 12.1. The van der Waals surface area contributed by atoms with E-state index in [-0.39, 0.29) is 20.9 Å². The molecule has 12 heteroatoms. The first-order valence-corrected chi connectivity index (χ1v) is 10.1. The van der Waals surface area contributed by atoms with E-state index < -0.39 is 33.4 Å². The van der Waals surface area contributed by atoms with Crippen molar-refractivity contribution in [1.82, 2.24) is 0 Å². The molecule has 1 radical (unpaired) electrons. The average molecular weight is 547 g/mol. The fourth-order valence-corrected chi connectivity index (χ4v) is 5.33. The van der Waals surface area contributed by atoms with Crippen molar-refractivity contribution >= 4 is 54.4 Å². The van der Waals surface area contributed by atoms with Crippen molar-refractivity contribution in [1.29, 1.82) is 0 Å². The first-order valence-electron chi connectivity index (χ1n) is 6.44. The van der Waals surface area contributed by atoms with Crippen LogP contribution in [0.4, 0.5) is 30.7 Å². The molecule has 0 fully saturated rings. The van der Waals surface area contributed by atoms with E-state index in [1.165, 1.54) is 11.3 Å². The highest BCUT2D eigenvalue weighted by Crippen LogP contribution is 2.51. The van der Waals surface area contributed by atoms with Crippen molar-refractivity contribution in [3.8, 4) is 0 Å². The minimum Gasteiger partial charge on any atom is -0.607 e. The molecule has 26 heavy (non-hydrogen) atoms. The Balaban J connectivity index is 2.56. The lowest BCUT2D eigenvalue weighted by Gasteiger charge is -2.29. The Morgan fingerprint density at radius 1 is 1.12 bits per heavy atom. The third kappa shape index (κ3) is 4.08. The number of halogens is 9. The Bertz CT molecular complexity index is 778. The summed E-state index contributed by atoms with van der Waals surface area (Å²) in [5.41, 5.74) is 0.457. The van der Waals surface area contributed by atoms with Gasteiger partial charge in [0.15, 0.2) is 4.90 Å². The summed E-state index contributed by atoms with van der Waals surface area (Å²) in [6.45, 7) is 0.